The number of hydrogen-bond acceptors (Lipinski definition) is 4. The normalized spacial score (nSPS) is 17.0. The van der Waals surface area contributed by atoms with Gasteiger partial charge in [0.05, 0.1) is 11.8 Å². The molecular weight excluding hydrogens is 334 g/mol. The first-order valence-corrected chi connectivity index (χ1v) is 9.59. The lowest BCUT2D eigenvalue weighted by molar-refractivity contribution is 0.222. The van der Waals surface area contributed by atoms with Crippen LogP contribution in [0.2, 0.25) is 0 Å². The van der Waals surface area contributed by atoms with Gasteiger partial charge in [-0.05, 0) is 32.8 Å². The van der Waals surface area contributed by atoms with Crippen LogP contribution in [0.25, 0.3) is 5.70 Å². The number of aromatic nitrogens is 3. The number of aryl methyl sites for hydroxylation is 1. The van der Waals surface area contributed by atoms with Crippen LogP contribution in [0.5, 0.6) is 0 Å². The van der Waals surface area contributed by atoms with Crippen LogP contribution in [0.15, 0.2) is 48.1 Å². The van der Waals surface area contributed by atoms with Crippen molar-refractivity contribution >= 4 is 11.4 Å². The van der Waals surface area contributed by atoms with Gasteiger partial charge < -0.3 is 9.47 Å². The Hall–Kier alpha value is -2.69. The maximum absolute atomic E-state index is 4.55. The second-order valence-electron chi connectivity index (χ2n) is 7.28. The molecule has 0 fully saturated rings. The van der Waals surface area contributed by atoms with E-state index in [0.717, 1.165) is 60.2 Å². The zero-order valence-corrected chi connectivity index (χ0v) is 16.9. The largest absolute Gasteiger partial charge is 0.359 e. The van der Waals surface area contributed by atoms with E-state index in [1.807, 2.05) is 13.8 Å². The highest BCUT2D eigenvalue weighted by molar-refractivity contribution is 5.96. The molecular formula is C22H29N5. The summed E-state index contributed by atoms with van der Waals surface area (Å²) in [6.45, 7) is 18.2. The third kappa shape index (κ3) is 3.87. The van der Waals surface area contributed by atoms with Crippen molar-refractivity contribution in [2.45, 2.75) is 53.1 Å². The molecule has 142 valence electrons. The molecule has 27 heavy (non-hydrogen) atoms. The number of allylic oxidation sites excluding steroid dienone is 1. The third-order valence-electron chi connectivity index (χ3n) is 4.99. The molecule has 5 nitrogen and oxygen atoms in total. The standard InChI is InChI=1S/C22H29N5/c1-7-8-20-22-25-24-21(17(5)23-15(2)3)27(22)14-13-26(20)18(6)19-11-9-16(4)10-12-19/h9-12,20H,2,6-8,13-14H2,1,3-5H3/t20-/m1/s1. The van der Waals surface area contributed by atoms with Gasteiger partial charge in [0.1, 0.15) is 0 Å². The number of hydrogen-bond donors (Lipinski definition) is 0. The SMILES string of the molecule is C=C(C)N=C(C)c1nnc2n1CCN(C(=C)c1ccc(C)cc1)[C@@H]2CCC. The Kier molecular flexibility index (Phi) is 5.59. The van der Waals surface area contributed by atoms with E-state index in [4.69, 9.17) is 0 Å². The van der Waals surface area contributed by atoms with Gasteiger partial charge in [-0.15, -0.1) is 10.2 Å². The van der Waals surface area contributed by atoms with Crippen LogP contribution in [0, 0.1) is 6.92 Å². The minimum absolute atomic E-state index is 0.177. The van der Waals surface area contributed by atoms with Crippen molar-refractivity contribution in [3.8, 4) is 0 Å². The molecule has 1 atom stereocenters. The van der Waals surface area contributed by atoms with Crippen LogP contribution in [-0.2, 0) is 6.54 Å². The molecule has 0 N–H and O–H groups in total. The minimum atomic E-state index is 0.177. The Bertz CT molecular complexity index is 873. The smallest absolute Gasteiger partial charge is 0.178 e. The quantitative estimate of drug-likeness (QED) is 0.695. The lowest BCUT2D eigenvalue weighted by Crippen LogP contribution is -2.37. The molecule has 1 aliphatic heterocycles. The fourth-order valence-corrected chi connectivity index (χ4v) is 3.68. The van der Waals surface area contributed by atoms with E-state index >= 15 is 0 Å². The summed E-state index contributed by atoms with van der Waals surface area (Å²) in [5, 5.41) is 8.99. The van der Waals surface area contributed by atoms with Crippen LogP contribution in [0.1, 0.15) is 62.4 Å². The molecule has 3 rings (SSSR count). The third-order valence-corrected chi connectivity index (χ3v) is 4.99. The summed E-state index contributed by atoms with van der Waals surface area (Å²) in [6.07, 6.45) is 2.09. The van der Waals surface area contributed by atoms with Gasteiger partial charge in [0.15, 0.2) is 11.6 Å². The molecule has 0 saturated heterocycles. The average molecular weight is 364 g/mol. The second-order valence-corrected chi connectivity index (χ2v) is 7.28. The molecule has 0 amide bonds. The monoisotopic (exact) mass is 363 g/mol. The van der Waals surface area contributed by atoms with E-state index in [0.29, 0.717) is 0 Å². The van der Waals surface area contributed by atoms with Gasteiger partial charge in [0.25, 0.3) is 0 Å². The fourth-order valence-electron chi connectivity index (χ4n) is 3.68. The predicted molar refractivity (Wildman–Crippen MR) is 112 cm³/mol. The average Bonchev–Trinajstić information content (AvgIpc) is 3.06. The molecule has 1 aromatic carbocycles. The molecule has 0 unspecified atom stereocenters. The van der Waals surface area contributed by atoms with Crippen molar-refractivity contribution in [2.24, 2.45) is 4.99 Å². The molecule has 1 aromatic heterocycles. The van der Waals surface area contributed by atoms with Gasteiger partial charge in [0.2, 0.25) is 0 Å². The number of fused-ring (bicyclic) bond motifs is 1. The van der Waals surface area contributed by atoms with E-state index in [-0.39, 0.29) is 6.04 Å². The van der Waals surface area contributed by atoms with E-state index in [1.165, 1.54) is 5.56 Å². The topological polar surface area (TPSA) is 46.3 Å². The maximum Gasteiger partial charge on any atom is 0.178 e. The number of rotatable bonds is 6. The maximum atomic E-state index is 4.55. The van der Waals surface area contributed by atoms with E-state index in [9.17, 15) is 0 Å². The van der Waals surface area contributed by atoms with Gasteiger partial charge in [-0.25, -0.2) is 0 Å². The summed E-state index contributed by atoms with van der Waals surface area (Å²) in [5.41, 5.74) is 5.11. The van der Waals surface area contributed by atoms with Gasteiger partial charge in [0, 0.05) is 24.5 Å². The van der Waals surface area contributed by atoms with Gasteiger partial charge >= 0.3 is 0 Å². The summed E-state index contributed by atoms with van der Waals surface area (Å²) in [4.78, 5) is 6.86. The van der Waals surface area contributed by atoms with Crippen molar-refractivity contribution in [1.29, 1.82) is 0 Å². The highest BCUT2D eigenvalue weighted by Gasteiger charge is 2.32. The molecule has 0 bridgehead atoms. The summed E-state index contributed by atoms with van der Waals surface area (Å²) in [7, 11) is 0. The molecule has 0 saturated carbocycles. The molecule has 2 heterocycles. The molecule has 0 spiro atoms. The van der Waals surface area contributed by atoms with Gasteiger partial charge in [-0.3, -0.25) is 4.99 Å². The first-order valence-electron chi connectivity index (χ1n) is 9.59. The Balaban J connectivity index is 1.95. The molecule has 5 heteroatoms. The highest BCUT2D eigenvalue weighted by atomic mass is 15.4. The van der Waals surface area contributed by atoms with Gasteiger partial charge in [-0.2, -0.15) is 0 Å². The van der Waals surface area contributed by atoms with Crippen molar-refractivity contribution in [2.75, 3.05) is 6.54 Å². The van der Waals surface area contributed by atoms with E-state index in [2.05, 4.69) is 75.9 Å². The van der Waals surface area contributed by atoms with Crippen molar-refractivity contribution in [3.63, 3.8) is 0 Å². The van der Waals surface area contributed by atoms with Crippen molar-refractivity contribution in [1.82, 2.24) is 19.7 Å². The first-order chi connectivity index (χ1) is 12.9. The lowest BCUT2D eigenvalue weighted by atomic mass is 10.0. The van der Waals surface area contributed by atoms with Crippen LogP contribution in [0.3, 0.4) is 0 Å². The molecule has 0 aliphatic carbocycles. The van der Waals surface area contributed by atoms with Gasteiger partial charge in [-0.1, -0.05) is 56.3 Å². The predicted octanol–water partition coefficient (Wildman–Crippen LogP) is 4.76. The summed E-state index contributed by atoms with van der Waals surface area (Å²) in [6, 6.07) is 8.75. The van der Waals surface area contributed by atoms with Crippen LogP contribution in [-0.4, -0.2) is 31.9 Å². The van der Waals surface area contributed by atoms with Crippen LogP contribution >= 0.6 is 0 Å². The number of nitrogens with zero attached hydrogens (tertiary/aromatic N) is 5. The number of benzene rings is 1. The first kappa shape index (κ1) is 19.1. The molecule has 0 radical (unpaired) electrons. The summed E-state index contributed by atoms with van der Waals surface area (Å²) >= 11 is 0. The van der Waals surface area contributed by atoms with E-state index < -0.39 is 0 Å². The lowest BCUT2D eigenvalue weighted by Gasteiger charge is -2.38. The zero-order chi connectivity index (χ0) is 19.6. The summed E-state index contributed by atoms with van der Waals surface area (Å²) in [5.74, 6) is 1.84. The fraction of sp³-hybridized carbons (Fsp3) is 0.409. The summed E-state index contributed by atoms with van der Waals surface area (Å²) < 4.78 is 2.21. The number of aliphatic imine (C=N–C) groups is 1. The highest BCUT2D eigenvalue weighted by Crippen LogP contribution is 2.35. The van der Waals surface area contributed by atoms with Crippen molar-refractivity contribution < 1.29 is 0 Å². The van der Waals surface area contributed by atoms with Crippen LogP contribution in [0.4, 0.5) is 0 Å². The Morgan fingerprint density at radius 2 is 1.85 bits per heavy atom. The minimum Gasteiger partial charge on any atom is -0.359 e. The Morgan fingerprint density at radius 3 is 2.48 bits per heavy atom. The van der Waals surface area contributed by atoms with Crippen LogP contribution < -0.4 is 0 Å². The molecule has 1 aliphatic rings. The second kappa shape index (κ2) is 7.91. The Morgan fingerprint density at radius 1 is 1.15 bits per heavy atom. The molecule has 2 aromatic rings. The van der Waals surface area contributed by atoms with Crippen molar-refractivity contribution in [3.05, 3.63) is 65.9 Å². The van der Waals surface area contributed by atoms with E-state index in [1.54, 1.807) is 0 Å². The zero-order valence-electron chi connectivity index (χ0n) is 16.9. The Labute approximate surface area is 162 Å².